The number of amides is 1. The van der Waals surface area contributed by atoms with Crippen LogP contribution in [0.3, 0.4) is 0 Å². The predicted molar refractivity (Wildman–Crippen MR) is 92.0 cm³/mol. The van der Waals surface area contributed by atoms with Gasteiger partial charge in [-0.05, 0) is 43.4 Å². The largest absolute Gasteiger partial charge is 0.375 e. The van der Waals surface area contributed by atoms with Gasteiger partial charge < -0.3 is 4.90 Å². The molecule has 0 saturated carbocycles. The van der Waals surface area contributed by atoms with Crippen molar-refractivity contribution < 1.29 is 9.18 Å². The van der Waals surface area contributed by atoms with E-state index in [1.54, 1.807) is 31.1 Å². The van der Waals surface area contributed by atoms with Crippen molar-refractivity contribution in [3.8, 4) is 0 Å². The minimum absolute atomic E-state index is 0.301. The van der Waals surface area contributed by atoms with Crippen molar-refractivity contribution in [3.63, 3.8) is 0 Å². The molecule has 1 atom stereocenters. The second-order valence-electron chi connectivity index (χ2n) is 6.25. The minimum atomic E-state index is -0.407. The van der Waals surface area contributed by atoms with Crippen LogP contribution in [0.5, 0.6) is 0 Å². The van der Waals surface area contributed by atoms with Gasteiger partial charge in [0.15, 0.2) is 5.13 Å². The van der Waals surface area contributed by atoms with Crippen LogP contribution in [0.25, 0.3) is 0 Å². The number of benzene rings is 1. The van der Waals surface area contributed by atoms with E-state index in [1.807, 2.05) is 0 Å². The average molecular weight is 333 g/mol. The van der Waals surface area contributed by atoms with Crippen LogP contribution in [0.2, 0.25) is 0 Å². The molecule has 1 amide bonds. The van der Waals surface area contributed by atoms with Gasteiger partial charge in [0.05, 0.1) is 11.4 Å². The quantitative estimate of drug-likeness (QED) is 0.931. The number of halogens is 1. The molecule has 3 rings (SSSR count). The molecule has 0 unspecified atom stereocenters. The lowest BCUT2D eigenvalue weighted by Crippen LogP contribution is -2.14. The van der Waals surface area contributed by atoms with Crippen molar-refractivity contribution >= 4 is 28.1 Å². The lowest BCUT2D eigenvalue weighted by molar-refractivity contribution is 0.102. The van der Waals surface area contributed by atoms with Gasteiger partial charge in [0.25, 0.3) is 5.91 Å². The Bertz CT molecular complexity index is 741. The first kappa shape index (κ1) is 15.9. The number of carbonyl (C=O) groups is 1. The summed E-state index contributed by atoms with van der Waals surface area (Å²) in [6, 6.07) is 4.50. The maximum atomic E-state index is 14.0. The SMILES string of the molecule is C[C@@H]1CCc2nc(NC(=O)c3ccc(N(C)C)c(F)c3)sc2C1. The minimum Gasteiger partial charge on any atom is -0.375 e. The molecule has 1 aromatic carbocycles. The first-order chi connectivity index (χ1) is 10.9. The third-order valence-corrected chi connectivity index (χ3v) is 5.13. The number of aromatic nitrogens is 1. The Morgan fingerprint density at radius 1 is 1.43 bits per heavy atom. The smallest absolute Gasteiger partial charge is 0.257 e. The number of nitrogens with zero attached hydrogens (tertiary/aromatic N) is 2. The van der Waals surface area contributed by atoms with E-state index >= 15 is 0 Å². The van der Waals surface area contributed by atoms with Gasteiger partial charge in [-0.3, -0.25) is 10.1 Å². The number of aryl methyl sites for hydroxylation is 1. The zero-order chi connectivity index (χ0) is 16.6. The van der Waals surface area contributed by atoms with E-state index < -0.39 is 5.82 Å². The van der Waals surface area contributed by atoms with Crippen LogP contribution < -0.4 is 10.2 Å². The summed E-state index contributed by atoms with van der Waals surface area (Å²) in [6.45, 7) is 2.23. The molecule has 0 aliphatic heterocycles. The number of thiazole rings is 1. The van der Waals surface area contributed by atoms with Gasteiger partial charge in [0.2, 0.25) is 0 Å². The van der Waals surface area contributed by atoms with E-state index in [2.05, 4.69) is 17.2 Å². The van der Waals surface area contributed by atoms with Crippen molar-refractivity contribution in [2.75, 3.05) is 24.3 Å². The predicted octanol–water partition coefficient (Wildman–Crippen LogP) is 3.73. The highest BCUT2D eigenvalue weighted by molar-refractivity contribution is 7.15. The summed E-state index contributed by atoms with van der Waals surface area (Å²) < 4.78 is 14.0. The van der Waals surface area contributed by atoms with E-state index in [4.69, 9.17) is 0 Å². The summed E-state index contributed by atoms with van der Waals surface area (Å²) in [7, 11) is 3.53. The number of nitrogens with one attached hydrogen (secondary N) is 1. The van der Waals surface area contributed by atoms with Gasteiger partial charge in [0, 0.05) is 24.5 Å². The molecule has 0 bridgehead atoms. The van der Waals surface area contributed by atoms with Crippen LogP contribution in [0.4, 0.5) is 15.2 Å². The van der Waals surface area contributed by atoms with Crippen molar-refractivity contribution in [1.82, 2.24) is 4.98 Å². The zero-order valence-corrected chi connectivity index (χ0v) is 14.3. The lowest BCUT2D eigenvalue weighted by atomic mass is 9.93. The maximum Gasteiger partial charge on any atom is 0.257 e. The van der Waals surface area contributed by atoms with Gasteiger partial charge in [0.1, 0.15) is 5.82 Å². The van der Waals surface area contributed by atoms with Crippen molar-refractivity contribution in [3.05, 3.63) is 40.2 Å². The Labute approximate surface area is 139 Å². The molecular weight excluding hydrogens is 313 g/mol. The Kier molecular flexibility index (Phi) is 4.35. The van der Waals surface area contributed by atoms with E-state index in [0.29, 0.717) is 22.3 Å². The highest BCUT2D eigenvalue weighted by atomic mass is 32.1. The Hall–Kier alpha value is -1.95. The molecule has 1 N–H and O–H groups in total. The highest BCUT2D eigenvalue weighted by Gasteiger charge is 2.21. The van der Waals surface area contributed by atoms with Crippen LogP contribution in [0.15, 0.2) is 18.2 Å². The standard InChI is InChI=1S/C17H20FN3OS/c1-10-4-6-13-15(8-10)23-17(19-13)20-16(22)11-5-7-14(21(2)3)12(18)9-11/h5,7,9-10H,4,6,8H2,1-3H3,(H,19,20,22)/t10-/m1/s1. The van der Waals surface area contributed by atoms with Crippen LogP contribution in [-0.4, -0.2) is 25.0 Å². The summed E-state index contributed by atoms with van der Waals surface area (Å²) >= 11 is 1.53. The zero-order valence-electron chi connectivity index (χ0n) is 13.5. The van der Waals surface area contributed by atoms with Gasteiger partial charge >= 0.3 is 0 Å². The van der Waals surface area contributed by atoms with Gasteiger partial charge in [-0.1, -0.05) is 6.92 Å². The van der Waals surface area contributed by atoms with E-state index in [0.717, 1.165) is 25.0 Å². The van der Waals surface area contributed by atoms with Crippen LogP contribution in [-0.2, 0) is 12.8 Å². The van der Waals surface area contributed by atoms with Crippen molar-refractivity contribution in [2.24, 2.45) is 5.92 Å². The third-order valence-electron chi connectivity index (χ3n) is 4.10. The molecule has 1 aliphatic carbocycles. The fourth-order valence-electron chi connectivity index (χ4n) is 2.77. The molecule has 0 radical (unpaired) electrons. The summed E-state index contributed by atoms with van der Waals surface area (Å²) in [4.78, 5) is 19.7. The Morgan fingerprint density at radius 2 is 2.22 bits per heavy atom. The number of hydrogen-bond acceptors (Lipinski definition) is 4. The lowest BCUT2D eigenvalue weighted by Gasteiger charge is -2.15. The Morgan fingerprint density at radius 3 is 2.91 bits per heavy atom. The summed E-state index contributed by atoms with van der Waals surface area (Å²) in [5.41, 5.74) is 1.85. The molecule has 0 spiro atoms. The topological polar surface area (TPSA) is 45.2 Å². The summed E-state index contributed by atoms with van der Waals surface area (Å²) in [6.07, 6.45) is 3.13. The highest BCUT2D eigenvalue weighted by Crippen LogP contribution is 2.32. The molecule has 0 saturated heterocycles. The molecule has 122 valence electrons. The van der Waals surface area contributed by atoms with Gasteiger partial charge in [-0.25, -0.2) is 9.37 Å². The summed E-state index contributed by atoms with van der Waals surface area (Å²) in [5, 5.41) is 3.40. The molecule has 6 heteroatoms. The van der Waals surface area contributed by atoms with E-state index in [9.17, 15) is 9.18 Å². The fourth-order valence-corrected chi connectivity index (χ4v) is 3.94. The van der Waals surface area contributed by atoms with Crippen molar-refractivity contribution in [2.45, 2.75) is 26.2 Å². The van der Waals surface area contributed by atoms with E-state index in [1.165, 1.54) is 22.3 Å². The molecule has 1 heterocycles. The third kappa shape index (κ3) is 3.37. The second-order valence-corrected chi connectivity index (χ2v) is 7.34. The Balaban J connectivity index is 1.76. The van der Waals surface area contributed by atoms with Crippen molar-refractivity contribution in [1.29, 1.82) is 0 Å². The fraction of sp³-hybridized carbons (Fsp3) is 0.412. The average Bonchev–Trinajstić information content (AvgIpc) is 2.87. The molecular formula is C17H20FN3OS. The molecule has 4 nitrogen and oxygen atoms in total. The normalized spacial score (nSPS) is 16.8. The molecule has 2 aromatic rings. The second kappa shape index (κ2) is 6.28. The number of hydrogen-bond donors (Lipinski definition) is 1. The van der Waals surface area contributed by atoms with Gasteiger partial charge in [-0.2, -0.15) is 0 Å². The summed E-state index contributed by atoms with van der Waals surface area (Å²) in [5.74, 6) is -0.0672. The number of rotatable bonds is 3. The molecule has 1 aromatic heterocycles. The van der Waals surface area contributed by atoms with Gasteiger partial charge in [-0.15, -0.1) is 11.3 Å². The van der Waals surface area contributed by atoms with E-state index in [-0.39, 0.29) is 5.91 Å². The monoisotopic (exact) mass is 333 g/mol. The molecule has 0 fully saturated rings. The number of carbonyl (C=O) groups excluding carboxylic acids is 1. The number of anilines is 2. The first-order valence-corrected chi connectivity index (χ1v) is 8.52. The number of fused-ring (bicyclic) bond motifs is 1. The molecule has 23 heavy (non-hydrogen) atoms. The van der Waals surface area contributed by atoms with Crippen LogP contribution >= 0.6 is 11.3 Å². The molecule has 1 aliphatic rings. The van der Waals surface area contributed by atoms with Crippen LogP contribution in [0, 0.1) is 11.7 Å². The maximum absolute atomic E-state index is 14.0. The first-order valence-electron chi connectivity index (χ1n) is 7.71. The van der Waals surface area contributed by atoms with Crippen LogP contribution in [0.1, 0.15) is 34.3 Å².